The lowest BCUT2D eigenvalue weighted by molar-refractivity contribution is -0.137. The van der Waals surface area contributed by atoms with E-state index in [1.165, 1.54) is 17.0 Å². The number of halogens is 4. The summed E-state index contributed by atoms with van der Waals surface area (Å²) in [6.45, 7) is -0.140. The van der Waals surface area contributed by atoms with Crippen molar-refractivity contribution in [3.8, 4) is 5.75 Å². The van der Waals surface area contributed by atoms with Crippen LogP contribution in [0.2, 0.25) is 5.02 Å². The van der Waals surface area contributed by atoms with Crippen molar-refractivity contribution in [3.63, 3.8) is 0 Å². The van der Waals surface area contributed by atoms with Crippen LogP contribution in [-0.2, 0) is 24.1 Å². The van der Waals surface area contributed by atoms with Crippen molar-refractivity contribution in [1.29, 1.82) is 0 Å². The van der Waals surface area contributed by atoms with Crippen molar-refractivity contribution in [3.05, 3.63) is 94.0 Å². The first-order chi connectivity index (χ1) is 15.7. The maximum Gasteiger partial charge on any atom is 0.416 e. The Labute approximate surface area is 192 Å². The number of alkyl halides is 3. The molecule has 9 heteroatoms. The predicted molar refractivity (Wildman–Crippen MR) is 117 cm³/mol. The molecule has 1 aliphatic rings. The van der Waals surface area contributed by atoms with Gasteiger partial charge < -0.3 is 15.0 Å². The van der Waals surface area contributed by atoms with Crippen molar-refractivity contribution in [2.75, 3.05) is 11.9 Å². The van der Waals surface area contributed by atoms with Crippen molar-refractivity contribution in [1.82, 2.24) is 4.90 Å². The lowest BCUT2D eigenvalue weighted by atomic mass is 10.1. The Morgan fingerprint density at radius 3 is 2.61 bits per heavy atom. The molecule has 0 aliphatic carbocycles. The summed E-state index contributed by atoms with van der Waals surface area (Å²) in [4.78, 5) is 26.5. The van der Waals surface area contributed by atoms with Gasteiger partial charge in [-0.2, -0.15) is 13.2 Å². The van der Waals surface area contributed by atoms with Gasteiger partial charge in [0.25, 0.3) is 11.8 Å². The van der Waals surface area contributed by atoms with Crippen molar-refractivity contribution in [2.24, 2.45) is 0 Å². The quantitative estimate of drug-likeness (QED) is 0.540. The van der Waals surface area contributed by atoms with Crippen molar-refractivity contribution in [2.45, 2.75) is 19.3 Å². The molecule has 0 fully saturated rings. The summed E-state index contributed by atoms with van der Waals surface area (Å²) in [5.74, 6) is -0.289. The Morgan fingerprint density at radius 1 is 1.06 bits per heavy atom. The molecule has 1 aliphatic heterocycles. The fourth-order valence-corrected chi connectivity index (χ4v) is 3.72. The van der Waals surface area contributed by atoms with E-state index in [1.54, 1.807) is 42.5 Å². The number of amides is 2. The zero-order chi connectivity index (χ0) is 23.6. The molecule has 0 saturated heterocycles. The number of carbonyl (C=O) groups excluding carboxylic acids is 2. The summed E-state index contributed by atoms with van der Waals surface area (Å²) in [5, 5.41) is 3.07. The lowest BCUT2D eigenvalue weighted by Crippen LogP contribution is -2.32. The third-order valence-corrected chi connectivity index (χ3v) is 5.46. The van der Waals surface area contributed by atoms with E-state index in [-0.39, 0.29) is 25.6 Å². The van der Waals surface area contributed by atoms with E-state index in [9.17, 15) is 22.8 Å². The maximum absolute atomic E-state index is 13.0. The third kappa shape index (κ3) is 5.28. The third-order valence-electron chi connectivity index (χ3n) is 5.13. The van der Waals surface area contributed by atoms with E-state index >= 15 is 0 Å². The van der Waals surface area contributed by atoms with Gasteiger partial charge in [0.1, 0.15) is 5.75 Å². The number of nitrogens with zero attached hydrogens (tertiary/aromatic N) is 1. The second kappa shape index (κ2) is 9.15. The first-order valence-electron chi connectivity index (χ1n) is 9.96. The summed E-state index contributed by atoms with van der Waals surface area (Å²) in [6, 6.07) is 16.4. The largest absolute Gasteiger partial charge is 0.483 e. The van der Waals surface area contributed by atoms with Gasteiger partial charge in [0, 0.05) is 24.3 Å². The number of hydrogen-bond donors (Lipinski definition) is 1. The molecule has 3 aromatic rings. The Morgan fingerprint density at radius 2 is 1.85 bits per heavy atom. The standard InChI is InChI=1S/C24H18ClF3N2O3/c25-20-7-2-1-6-19(20)23(32)29-18-8-9-21-16(11-18)13-30(22(31)14-33-21)12-15-4-3-5-17(10-15)24(26,27)28/h1-11H,12-14H2,(H,29,32). The topological polar surface area (TPSA) is 58.6 Å². The molecule has 0 atom stereocenters. The first-order valence-corrected chi connectivity index (χ1v) is 10.3. The number of rotatable bonds is 4. The van der Waals surface area contributed by atoms with E-state index in [0.29, 0.717) is 33.1 Å². The van der Waals surface area contributed by atoms with E-state index in [4.69, 9.17) is 16.3 Å². The highest BCUT2D eigenvalue weighted by molar-refractivity contribution is 6.34. The van der Waals surface area contributed by atoms with Gasteiger partial charge in [-0.3, -0.25) is 9.59 Å². The molecule has 0 bridgehead atoms. The second-order valence-corrected chi connectivity index (χ2v) is 7.90. The Kier molecular flexibility index (Phi) is 6.29. The molecule has 5 nitrogen and oxygen atoms in total. The van der Waals surface area contributed by atoms with E-state index in [1.807, 2.05) is 0 Å². The molecule has 0 radical (unpaired) electrons. The fraction of sp³-hybridized carbons (Fsp3) is 0.167. The second-order valence-electron chi connectivity index (χ2n) is 7.49. The van der Waals surface area contributed by atoms with Gasteiger partial charge in [0.15, 0.2) is 6.61 Å². The van der Waals surface area contributed by atoms with E-state index in [0.717, 1.165) is 12.1 Å². The van der Waals surface area contributed by atoms with Gasteiger partial charge in [0.05, 0.1) is 16.1 Å². The number of fused-ring (bicyclic) bond motifs is 1. The number of carbonyl (C=O) groups is 2. The maximum atomic E-state index is 13.0. The molecular weight excluding hydrogens is 457 g/mol. The fourth-order valence-electron chi connectivity index (χ4n) is 3.50. The van der Waals surface area contributed by atoms with Crippen LogP contribution < -0.4 is 10.1 Å². The molecule has 33 heavy (non-hydrogen) atoms. The van der Waals surface area contributed by atoms with Crippen LogP contribution in [0.3, 0.4) is 0 Å². The molecule has 4 rings (SSSR count). The molecule has 0 aromatic heterocycles. The summed E-state index contributed by atoms with van der Waals surface area (Å²) < 4.78 is 44.7. The van der Waals surface area contributed by atoms with Crippen LogP contribution in [0, 0.1) is 0 Å². The highest BCUT2D eigenvalue weighted by atomic mass is 35.5. The van der Waals surface area contributed by atoms with Crippen LogP contribution in [0.25, 0.3) is 0 Å². The van der Waals surface area contributed by atoms with Gasteiger partial charge in [0.2, 0.25) is 0 Å². The number of hydrogen-bond acceptors (Lipinski definition) is 3. The van der Waals surface area contributed by atoms with Crippen LogP contribution in [-0.4, -0.2) is 23.3 Å². The molecule has 0 unspecified atom stereocenters. The van der Waals surface area contributed by atoms with Crippen LogP contribution in [0.4, 0.5) is 18.9 Å². The average molecular weight is 475 g/mol. The van der Waals surface area contributed by atoms with Gasteiger partial charge in [-0.05, 0) is 48.0 Å². The molecule has 0 spiro atoms. The first kappa shape index (κ1) is 22.7. The number of benzene rings is 3. The molecular formula is C24H18ClF3N2O3. The van der Waals surface area contributed by atoms with Gasteiger partial charge >= 0.3 is 6.18 Å². The summed E-state index contributed by atoms with van der Waals surface area (Å²) in [5.41, 5.74) is 0.973. The zero-order valence-electron chi connectivity index (χ0n) is 17.2. The van der Waals surface area contributed by atoms with Gasteiger partial charge in [-0.1, -0.05) is 35.9 Å². The molecule has 1 N–H and O–H groups in total. The van der Waals surface area contributed by atoms with Crippen LogP contribution >= 0.6 is 11.6 Å². The normalized spacial score (nSPS) is 13.7. The monoisotopic (exact) mass is 474 g/mol. The van der Waals surface area contributed by atoms with Crippen LogP contribution in [0.1, 0.15) is 27.0 Å². The number of ether oxygens (including phenoxy) is 1. The Balaban J connectivity index is 1.54. The molecule has 0 saturated carbocycles. The van der Waals surface area contributed by atoms with Gasteiger partial charge in [-0.15, -0.1) is 0 Å². The molecule has 3 aromatic carbocycles. The number of anilines is 1. The Bertz CT molecular complexity index is 1210. The summed E-state index contributed by atoms with van der Waals surface area (Å²) in [6.07, 6.45) is -4.47. The Hall–Kier alpha value is -3.52. The summed E-state index contributed by atoms with van der Waals surface area (Å²) >= 11 is 6.08. The minimum absolute atomic E-state index is 0.0121. The number of nitrogens with one attached hydrogen (secondary N) is 1. The van der Waals surface area contributed by atoms with Crippen molar-refractivity contribution >= 4 is 29.1 Å². The molecule has 1 heterocycles. The lowest BCUT2D eigenvalue weighted by Gasteiger charge is -2.21. The minimum Gasteiger partial charge on any atom is -0.483 e. The van der Waals surface area contributed by atoms with Crippen LogP contribution in [0.5, 0.6) is 5.75 Å². The SMILES string of the molecule is O=C(Nc1ccc2c(c1)CN(Cc1cccc(C(F)(F)F)c1)C(=O)CO2)c1ccccc1Cl. The van der Waals surface area contributed by atoms with E-state index in [2.05, 4.69) is 5.32 Å². The highest BCUT2D eigenvalue weighted by Crippen LogP contribution is 2.31. The van der Waals surface area contributed by atoms with Gasteiger partial charge in [-0.25, -0.2) is 0 Å². The zero-order valence-corrected chi connectivity index (χ0v) is 17.9. The van der Waals surface area contributed by atoms with Crippen molar-refractivity contribution < 1.29 is 27.5 Å². The minimum atomic E-state index is -4.47. The molecule has 170 valence electrons. The van der Waals surface area contributed by atoms with E-state index < -0.39 is 17.6 Å². The smallest absolute Gasteiger partial charge is 0.416 e. The van der Waals surface area contributed by atoms with Crippen LogP contribution in [0.15, 0.2) is 66.7 Å². The summed E-state index contributed by atoms with van der Waals surface area (Å²) in [7, 11) is 0. The highest BCUT2D eigenvalue weighted by Gasteiger charge is 2.31. The predicted octanol–water partition coefficient (Wildman–Crippen LogP) is 5.53. The average Bonchev–Trinajstić information content (AvgIpc) is 2.92. The molecule has 2 amide bonds.